The van der Waals surface area contributed by atoms with E-state index in [1.807, 2.05) is 50.2 Å². The highest BCUT2D eigenvalue weighted by Gasteiger charge is 2.33. The third kappa shape index (κ3) is 3.85. The summed E-state index contributed by atoms with van der Waals surface area (Å²) in [6, 6.07) is 11.7. The highest BCUT2D eigenvalue weighted by Crippen LogP contribution is 2.40. The number of rotatable bonds is 5. The fourth-order valence-corrected chi connectivity index (χ4v) is 3.03. The Hall–Kier alpha value is -2.56. The van der Waals surface area contributed by atoms with Crippen molar-refractivity contribution in [2.24, 2.45) is 5.92 Å². The Morgan fingerprint density at radius 1 is 1.25 bits per heavy atom. The predicted octanol–water partition coefficient (Wildman–Crippen LogP) is 2.94. The van der Waals surface area contributed by atoms with Gasteiger partial charge in [-0.15, -0.1) is 0 Å². The van der Waals surface area contributed by atoms with Gasteiger partial charge in [-0.25, -0.2) is 4.79 Å². The minimum atomic E-state index is -0.241. The van der Waals surface area contributed by atoms with Gasteiger partial charge in [-0.05, 0) is 49.8 Å². The van der Waals surface area contributed by atoms with Crippen molar-refractivity contribution >= 4 is 6.03 Å². The summed E-state index contributed by atoms with van der Waals surface area (Å²) in [4.78, 5) is 27.1. The maximum Gasteiger partial charge on any atom is 0.315 e. The number of hydrogen-bond acceptors (Lipinski definition) is 2. The molecule has 3 rings (SSSR count). The van der Waals surface area contributed by atoms with E-state index in [4.69, 9.17) is 0 Å². The lowest BCUT2D eigenvalue weighted by Gasteiger charge is -2.19. The predicted molar refractivity (Wildman–Crippen MR) is 93.8 cm³/mol. The standard InChI is InChI=1S/C19H23N3O2/c1-12-10-13(2)21-18(23)16(12)11-20-19(24)22-17(15-8-9-15)14-6-4-3-5-7-14/h3-7,10,15,17H,8-9,11H2,1-2H3,(H,21,23)(H2,20,22,24). The summed E-state index contributed by atoms with van der Waals surface area (Å²) in [5, 5.41) is 5.87. The highest BCUT2D eigenvalue weighted by molar-refractivity contribution is 5.74. The zero-order valence-corrected chi connectivity index (χ0v) is 14.1. The largest absolute Gasteiger partial charge is 0.334 e. The van der Waals surface area contributed by atoms with E-state index in [0.29, 0.717) is 11.5 Å². The summed E-state index contributed by atoms with van der Waals surface area (Å²) in [7, 11) is 0. The molecular weight excluding hydrogens is 302 g/mol. The number of carbonyl (C=O) groups is 1. The van der Waals surface area contributed by atoms with Crippen LogP contribution in [-0.4, -0.2) is 11.0 Å². The molecule has 1 aromatic heterocycles. The number of benzene rings is 1. The maximum absolute atomic E-state index is 12.3. The Kier molecular flexibility index (Phi) is 4.69. The number of hydrogen-bond donors (Lipinski definition) is 3. The Labute approximate surface area is 141 Å². The molecule has 5 heteroatoms. The molecule has 1 aliphatic rings. The SMILES string of the molecule is Cc1cc(C)c(CNC(=O)NC(c2ccccc2)C2CC2)c(=O)[nH]1. The first kappa shape index (κ1) is 16.3. The van der Waals surface area contributed by atoms with Gasteiger partial charge < -0.3 is 15.6 Å². The molecule has 1 fully saturated rings. The molecule has 0 spiro atoms. The number of aromatic nitrogens is 1. The van der Waals surface area contributed by atoms with E-state index in [0.717, 1.165) is 29.7 Å². The van der Waals surface area contributed by atoms with Gasteiger partial charge in [0.05, 0.1) is 12.6 Å². The summed E-state index contributed by atoms with van der Waals surface area (Å²) >= 11 is 0. The van der Waals surface area contributed by atoms with E-state index in [1.54, 1.807) is 0 Å². The quantitative estimate of drug-likeness (QED) is 0.791. The number of nitrogens with one attached hydrogen (secondary N) is 3. The summed E-state index contributed by atoms with van der Waals surface area (Å²) in [6.07, 6.45) is 2.27. The average Bonchev–Trinajstić information content (AvgIpc) is 3.37. The van der Waals surface area contributed by atoms with Crippen molar-refractivity contribution in [1.82, 2.24) is 15.6 Å². The van der Waals surface area contributed by atoms with Gasteiger partial charge in [0.1, 0.15) is 0 Å². The van der Waals surface area contributed by atoms with Crippen molar-refractivity contribution in [2.75, 3.05) is 0 Å². The van der Waals surface area contributed by atoms with E-state index in [1.165, 1.54) is 0 Å². The van der Waals surface area contributed by atoms with Gasteiger partial charge in [0.15, 0.2) is 0 Å². The zero-order valence-electron chi connectivity index (χ0n) is 14.1. The van der Waals surface area contributed by atoms with Gasteiger partial charge in [0, 0.05) is 11.3 Å². The summed E-state index contributed by atoms with van der Waals surface area (Å²) in [6.45, 7) is 3.95. The number of urea groups is 1. The van der Waals surface area contributed by atoms with Crippen LogP contribution in [0.1, 0.15) is 41.3 Å². The van der Waals surface area contributed by atoms with E-state index in [2.05, 4.69) is 15.6 Å². The molecule has 0 bridgehead atoms. The topological polar surface area (TPSA) is 74.0 Å². The third-order valence-corrected chi connectivity index (χ3v) is 4.46. The second kappa shape index (κ2) is 6.91. The number of aryl methyl sites for hydroxylation is 2. The molecule has 2 amide bonds. The van der Waals surface area contributed by atoms with Crippen molar-refractivity contribution in [3.05, 3.63) is 69.1 Å². The molecule has 24 heavy (non-hydrogen) atoms. The summed E-state index contributed by atoms with van der Waals surface area (Å²) in [5.74, 6) is 0.502. The van der Waals surface area contributed by atoms with Crippen LogP contribution in [-0.2, 0) is 6.54 Å². The second-order valence-electron chi connectivity index (χ2n) is 6.50. The molecule has 0 aliphatic heterocycles. The first-order valence-electron chi connectivity index (χ1n) is 8.33. The molecule has 1 atom stereocenters. The number of carbonyl (C=O) groups excluding carboxylic acids is 1. The van der Waals surface area contributed by atoms with Gasteiger partial charge in [-0.1, -0.05) is 30.3 Å². The van der Waals surface area contributed by atoms with Crippen LogP contribution in [0.2, 0.25) is 0 Å². The van der Waals surface area contributed by atoms with Crippen LogP contribution in [0.4, 0.5) is 4.79 Å². The van der Waals surface area contributed by atoms with E-state index in [9.17, 15) is 9.59 Å². The first-order valence-corrected chi connectivity index (χ1v) is 8.33. The third-order valence-electron chi connectivity index (χ3n) is 4.46. The molecule has 126 valence electrons. The van der Waals surface area contributed by atoms with Gasteiger partial charge in [-0.3, -0.25) is 4.79 Å². The number of amides is 2. The lowest BCUT2D eigenvalue weighted by atomic mass is 10.0. The lowest BCUT2D eigenvalue weighted by molar-refractivity contribution is 0.235. The van der Waals surface area contributed by atoms with Crippen LogP contribution in [0.3, 0.4) is 0 Å². The Morgan fingerprint density at radius 2 is 1.96 bits per heavy atom. The fourth-order valence-electron chi connectivity index (χ4n) is 3.03. The molecule has 0 radical (unpaired) electrons. The molecular formula is C19H23N3O2. The Balaban J connectivity index is 1.64. The molecule has 2 aromatic rings. The molecule has 1 unspecified atom stereocenters. The maximum atomic E-state index is 12.3. The van der Waals surface area contributed by atoms with E-state index in [-0.39, 0.29) is 24.2 Å². The molecule has 1 aliphatic carbocycles. The van der Waals surface area contributed by atoms with Crippen LogP contribution >= 0.6 is 0 Å². The van der Waals surface area contributed by atoms with E-state index >= 15 is 0 Å². The van der Waals surface area contributed by atoms with Crippen LogP contribution in [0, 0.1) is 19.8 Å². The van der Waals surface area contributed by atoms with E-state index < -0.39 is 0 Å². The fraction of sp³-hybridized carbons (Fsp3) is 0.368. The molecule has 5 nitrogen and oxygen atoms in total. The van der Waals surface area contributed by atoms with Gasteiger partial charge in [0.2, 0.25) is 0 Å². The van der Waals surface area contributed by atoms with Gasteiger partial charge in [-0.2, -0.15) is 0 Å². The van der Waals surface area contributed by atoms with Crippen molar-refractivity contribution in [3.63, 3.8) is 0 Å². The first-order chi connectivity index (χ1) is 11.5. The molecule has 1 saturated carbocycles. The minimum Gasteiger partial charge on any atom is -0.334 e. The summed E-state index contributed by atoms with van der Waals surface area (Å²) in [5.41, 5.74) is 3.29. The second-order valence-corrected chi connectivity index (χ2v) is 6.50. The van der Waals surface area contributed by atoms with Gasteiger partial charge in [0.25, 0.3) is 5.56 Å². The van der Waals surface area contributed by atoms with Crippen molar-refractivity contribution in [1.29, 1.82) is 0 Å². The van der Waals surface area contributed by atoms with Crippen LogP contribution in [0.5, 0.6) is 0 Å². The number of pyridine rings is 1. The smallest absolute Gasteiger partial charge is 0.315 e. The molecule has 1 aromatic carbocycles. The average molecular weight is 325 g/mol. The van der Waals surface area contributed by atoms with Crippen molar-refractivity contribution < 1.29 is 4.79 Å². The number of H-pyrrole nitrogens is 1. The molecule has 1 heterocycles. The normalized spacial score (nSPS) is 14.9. The zero-order chi connectivity index (χ0) is 17.1. The molecule has 3 N–H and O–H groups in total. The van der Waals surface area contributed by atoms with Crippen molar-refractivity contribution in [2.45, 2.75) is 39.3 Å². The Bertz CT molecular complexity index is 779. The molecule has 0 saturated heterocycles. The van der Waals surface area contributed by atoms with Crippen LogP contribution in [0.25, 0.3) is 0 Å². The van der Waals surface area contributed by atoms with Crippen molar-refractivity contribution in [3.8, 4) is 0 Å². The van der Waals surface area contributed by atoms with Crippen LogP contribution < -0.4 is 16.2 Å². The number of aromatic amines is 1. The van der Waals surface area contributed by atoms with Gasteiger partial charge >= 0.3 is 6.03 Å². The summed E-state index contributed by atoms with van der Waals surface area (Å²) < 4.78 is 0. The highest BCUT2D eigenvalue weighted by atomic mass is 16.2. The lowest BCUT2D eigenvalue weighted by Crippen LogP contribution is -2.39. The minimum absolute atomic E-state index is 0.0311. The van der Waals surface area contributed by atoms with Crippen LogP contribution in [0.15, 0.2) is 41.2 Å². The Morgan fingerprint density at radius 3 is 2.58 bits per heavy atom. The monoisotopic (exact) mass is 325 g/mol.